The molecule has 0 aliphatic carbocycles. The molecule has 2 aliphatic heterocycles. The van der Waals surface area contributed by atoms with Crippen LogP contribution in [0.25, 0.3) is 0 Å². The van der Waals surface area contributed by atoms with Crippen molar-refractivity contribution in [2.75, 3.05) is 52.0 Å². The summed E-state index contributed by atoms with van der Waals surface area (Å²) in [5.74, 6) is -0.985. The Bertz CT molecular complexity index is 935. The van der Waals surface area contributed by atoms with E-state index in [1.54, 1.807) is 0 Å². The molecule has 1 aromatic rings. The molecule has 0 aromatic carbocycles. The van der Waals surface area contributed by atoms with Crippen LogP contribution in [0.5, 0.6) is 11.5 Å². The molecule has 0 saturated carbocycles. The molecule has 1 aromatic heterocycles. The number of carbonyl (C=O) groups excluding carboxylic acids is 1. The predicted molar refractivity (Wildman–Crippen MR) is 125 cm³/mol. The maximum Gasteiger partial charge on any atom is 0.186 e. The lowest BCUT2D eigenvalue weighted by Crippen LogP contribution is -2.59. The molecule has 3 heterocycles. The van der Waals surface area contributed by atoms with E-state index < -0.39 is 48.8 Å². The number of hydrogen-bond acceptors (Lipinski definition) is 15. The van der Waals surface area contributed by atoms with Gasteiger partial charge in [-0.15, -0.1) is 11.8 Å². The number of carbonyl (C=O) groups is 1. The average Bonchev–Trinajstić information content (AvgIpc) is 3.28. The Morgan fingerprint density at radius 2 is 1.81 bits per heavy atom. The van der Waals surface area contributed by atoms with E-state index in [1.807, 2.05) is 0 Å². The lowest BCUT2D eigenvalue weighted by atomic mass is 9.99. The van der Waals surface area contributed by atoms with Gasteiger partial charge in [0.2, 0.25) is 0 Å². The van der Waals surface area contributed by atoms with Gasteiger partial charge in [0.1, 0.15) is 58.8 Å². The summed E-state index contributed by atoms with van der Waals surface area (Å²) in [6, 6.07) is 1.36. The largest absolute Gasteiger partial charge is 0.547 e. The number of aliphatic carboxylic acids is 1. The molecule has 5 N–H and O–H groups in total. The van der Waals surface area contributed by atoms with E-state index >= 15 is 0 Å². The molecule has 2 aliphatic rings. The summed E-state index contributed by atoms with van der Waals surface area (Å²) < 4.78 is 26.8. The van der Waals surface area contributed by atoms with Crippen LogP contribution in [0, 0.1) is 0 Å². The standard InChI is InChI=1S/C22H32N2O12S/c1-22(21(30)31)11-37-19(24-22)15-13(26)8-12(9-23-15)34-6-4-32-2-3-33-5-7-35-20-18(29)17(28)16(27)14(10-25)36-20/h8-9,14,16-18,20,25-29H,2-7,10-11H2,1H3,(H,30,31)/p-1/t14?,16-,17?,18+,20-,22+/m0/s1. The number of ether oxygens (including phenoxy) is 5. The predicted octanol–water partition coefficient (Wildman–Crippen LogP) is -2.98. The molecule has 6 atom stereocenters. The molecule has 1 saturated heterocycles. The maximum atomic E-state index is 11.2. The molecular formula is C22H31N2O12S-. The second kappa shape index (κ2) is 13.6. The summed E-state index contributed by atoms with van der Waals surface area (Å²) in [5, 5.41) is 60.3. The van der Waals surface area contributed by atoms with Crippen molar-refractivity contribution >= 4 is 22.8 Å². The molecule has 0 spiro atoms. The third-order valence-corrected chi connectivity index (χ3v) is 6.81. The van der Waals surface area contributed by atoms with E-state index in [0.29, 0.717) is 10.8 Å². The van der Waals surface area contributed by atoms with E-state index in [-0.39, 0.29) is 56.8 Å². The fraction of sp³-hybridized carbons (Fsp3) is 0.682. The number of rotatable bonds is 14. The third-order valence-electron chi connectivity index (χ3n) is 5.55. The Labute approximate surface area is 216 Å². The topological polar surface area (TPSA) is 213 Å². The number of thioether (sulfide) groups is 1. The Balaban J connectivity index is 1.26. The van der Waals surface area contributed by atoms with Gasteiger partial charge >= 0.3 is 0 Å². The fourth-order valence-electron chi connectivity index (χ4n) is 3.37. The van der Waals surface area contributed by atoms with Crippen LogP contribution >= 0.6 is 11.8 Å². The van der Waals surface area contributed by atoms with Gasteiger partial charge in [-0.05, 0) is 6.92 Å². The number of carboxylic acid groups (broad SMARTS) is 1. The summed E-state index contributed by atoms with van der Waals surface area (Å²) in [7, 11) is 0. The van der Waals surface area contributed by atoms with E-state index in [4.69, 9.17) is 28.8 Å². The van der Waals surface area contributed by atoms with E-state index in [2.05, 4.69) is 9.98 Å². The zero-order valence-electron chi connectivity index (χ0n) is 20.1. The Hall–Kier alpha value is -2.08. The molecule has 0 bridgehead atoms. The molecule has 0 radical (unpaired) electrons. The minimum Gasteiger partial charge on any atom is -0.547 e. The smallest absolute Gasteiger partial charge is 0.186 e. The zero-order chi connectivity index (χ0) is 27.0. The molecule has 15 heteroatoms. The average molecular weight is 548 g/mol. The number of carboxylic acids is 1. The van der Waals surface area contributed by atoms with Gasteiger partial charge in [0, 0.05) is 11.8 Å². The SMILES string of the molecule is C[C@]1(C(=O)[O-])CSC(c2ncc(OCCOCCOCCO[C@H]3OC(CO)[C@H](O)C(O)[C@H]3O)cc2O)=N1. The first-order valence-electron chi connectivity index (χ1n) is 11.5. The van der Waals surface area contributed by atoms with E-state index in [0.717, 1.165) is 0 Å². The first-order chi connectivity index (χ1) is 17.7. The van der Waals surface area contributed by atoms with Crippen LogP contribution in [0.4, 0.5) is 0 Å². The number of aromatic nitrogens is 1. The van der Waals surface area contributed by atoms with Crippen molar-refractivity contribution in [1.82, 2.24) is 4.98 Å². The van der Waals surface area contributed by atoms with Crippen molar-refractivity contribution in [1.29, 1.82) is 0 Å². The molecule has 0 amide bonds. The summed E-state index contributed by atoms with van der Waals surface area (Å²) in [6.45, 7) is 2.03. The van der Waals surface area contributed by atoms with Crippen LogP contribution in [-0.2, 0) is 23.7 Å². The number of nitrogens with zero attached hydrogens (tertiary/aromatic N) is 2. The van der Waals surface area contributed by atoms with Gasteiger partial charge < -0.3 is 59.1 Å². The van der Waals surface area contributed by atoms with Gasteiger partial charge in [-0.25, -0.2) is 4.98 Å². The first-order valence-corrected chi connectivity index (χ1v) is 12.5. The van der Waals surface area contributed by atoms with Crippen LogP contribution < -0.4 is 9.84 Å². The lowest BCUT2D eigenvalue weighted by molar-refractivity contribution is -0.311. The minimum absolute atomic E-state index is 0.0374. The summed E-state index contributed by atoms with van der Waals surface area (Å²) in [6.07, 6.45) is -5.26. The normalized spacial score (nSPS) is 29.8. The minimum atomic E-state index is -1.50. The monoisotopic (exact) mass is 547 g/mol. The van der Waals surface area contributed by atoms with Crippen molar-refractivity contribution < 1.29 is 59.1 Å². The number of aromatic hydroxyl groups is 1. The van der Waals surface area contributed by atoms with E-state index in [9.17, 15) is 30.3 Å². The van der Waals surface area contributed by atoms with Crippen molar-refractivity contribution in [2.24, 2.45) is 4.99 Å². The number of aliphatic imine (C=N–C) groups is 1. The number of pyridine rings is 1. The molecule has 208 valence electrons. The highest BCUT2D eigenvalue weighted by Crippen LogP contribution is 2.33. The third kappa shape index (κ3) is 7.72. The molecule has 1 fully saturated rings. The van der Waals surface area contributed by atoms with Crippen LogP contribution in [0.15, 0.2) is 17.3 Å². The summed E-state index contributed by atoms with van der Waals surface area (Å²) in [5.41, 5.74) is -1.19. The second-order valence-corrected chi connectivity index (χ2v) is 9.41. The van der Waals surface area contributed by atoms with Crippen LogP contribution in [0.3, 0.4) is 0 Å². The zero-order valence-corrected chi connectivity index (χ0v) is 20.9. The van der Waals surface area contributed by atoms with Gasteiger partial charge in [-0.1, -0.05) is 0 Å². The molecule has 3 rings (SSSR count). The van der Waals surface area contributed by atoms with Gasteiger partial charge in [-0.2, -0.15) is 0 Å². The van der Waals surface area contributed by atoms with Crippen LogP contribution in [-0.4, -0.2) is 130 Å². The quantitative estimate of drug-likeness (QED) is 0.147. The highest BCUT2D eigenvalue weighted by atomic mass is 32.2. The fourth-order valence-corrected chi connectivity index (χ4v) is 4.53. The van der Waals surface area contributed by atoms with Gasteiger partial charge in [0.05, 0.1) is 51.8 Å². The van der Waals surface area contributed by atoms with Crippen LogP contribution in [0.1, 0.15) is 12.6 Å². The van der Waals surface area contributed by atoms with Gasteiger partial charge in [0.25, 0.3) is 0 Å². The van der Waals surface area contributed by atoms with Crippen molar-refractivity contribution in [2.45, 2.75) is 43.2 Å². The van der Waals surface area contributed by atoms with Crippen LogP contribution in [0.2, 0.25) is 0 Å². The number of aliphatic hydroxyl groups excluding tert-OH is 4. The van der Waals surface area contributed by atoms with E-state index in [1.165, 1.54) is 30.9 Å². The Morgan fingerprint density at radius 3 is 2.43 bits per heavy atom. The summed E-state index contributed by atoms with van der Waals surface area (Å²) in [4.78, 5) is 19.4. The highest BCUT2D eigenvalue weighted by Gasteiger charge is 2.44. The number of hydrogen-bond donors (Lipinski definition) is 5. The molecule has 37 heavy (non-hydrogen) atoms. The highest BCUT2D eigenvalue weighted by molar-refractivity contribution is 8.14. The number of aliphatic hydroxyl groups is 4. The molecular weight excluding hydrogens is 516 g/mol. The summed E-state index contributed by atoms with van der Waals surface area (Å²) >= 11 is 1.17. The molecule has 14 nitrogen and oxygen atoms in total. The molecule has 2 unspecified atom stereocenters. The Morgan fingerprint density at radius 1 is 1.14 bits per heavy atom. The van der Waals surface area contributed by atoms with Gasteiger partial charge in [-0.3, -0.25) is 4.99 Å². The first kappa shape index (κ1) is 29.5. The maximum absolute atomic E-state index is 11.2. The van der Waals surface area contributed by atoms with Crippen molar-refractivity contribution in [3.05, 3.63) is 18.0 Å². The van der Waals surface area contributed by atoms with Gasteiger partial charge in [0.15, 0.2) is 6.29 Å². The Kier molecular flexibility index (Phi) is 10.9. The lowest BCUT2D eigenvalue weighted by Gasteiger charge is -2.39. The van der Waals surface area contributed by atoms with Crippen molar-refractivity contribution in [3.63, 3.8) is 0 Å². The second-order valence-electron chi connectivity index (χ2n) is 8.45. The van der Waals surface area contributed by atoms with Crippen molar-refractivity contribution in [3.8, 4) is 11.5 Å².